The minimum atomic E-state index is -0.0920. The lowest BCUT2D eigenvalue weighted by atomic mass is 9.53. The molecule has 4 bridgehead atoms. The Morgan fingerprint density at radius 1 is 1.25 bits per heavy atom. The second-order valence-corrected chi connectivity index (χ2v) is 7.15. The molecule has 0 spiro atoms. The minimum Gasteiger partial charge on any atom is -0.332 e. The summed E-state index contributed by atoms with van der Waals surface area (Å²) in [6, 6.07) is 1.73. The minimum absolute atomic E-state index is 0.0631. The van der Waals surface area contributed by atoms with E-state index in [1.54, 1.807) is 4.68 Å². The van der Waals surface area contributed by atoms with Gasteiger partial charge >= 0.3 is 6.03 Å². The van der Waals surface area contributed by atoms with E-state index in [2.05, 4.69) is 15.7 Å². The molecule has 1 aromatic heterocycles. The molecule has 0 atom stereocenters. The fourth-order valence-corrected chi connectivity index (χ4v) is 5.13. The largest absolute Gasteiger partial charge is 0.332 e. The topological polar surface area (TPSA) is 59.0 Å². The van der Waals surface area contributed by atoms with Crippen LogP contribution in [0.1, 0.15) is 38.5 Å². The van der Waals surface area contributed by atoms with E-state index in [-0.39, 0.29) is 11.6 Å². The van der Waals surface area contributed by atoms with E-state index >= 15 is 0 Å². The molecule has 4 saturated carbocycles. The number of aryl methyl sites for hydroxylation is 1. The Labute approximate surface area is 119 Å². The van der Waals surface area contributed by atoms with E-state index in [1.165, 1.54) is 38.5 Å². The number of hydrogen-bond acceptors (Lipinski definition) is 2. The molecule has 0 radical (unpaired) electrons. The highest BCUT2D eigenvalue weighted by Gasteiger charge is 2.51. The van der Waals surface area contributed by atoms with Crippen molar-refractivity contribution in [3.63, 3.8) is 0 Å². The summed E-state index contributed by atoms with van der Waals surface area (Å²) < 4.78 is 1.69. The van der Waals surface area contributed by atoms with Crippen molar-refractivity contribution in [1.29, 1.82) is 0 Å². The van der Waals surface area contributed by atoms with E-state index in [1.807, 2.05) is 19.3 Å². The van der Waals surface area contributed by atoms with Crippen LogP contribution >= 0.6 is 0 Å². The van der Waals surface area contributed by atoms with Crippen LogP contribution in [0, 0.1) is 17.8 Å². The third-order valence-corrected chi connectivity index (χ3v) is 5.37. The molecule has 0 aliphatic heterocycles. The van der Waals surface area contributed by atoms with Crippen molar-refractivity contribution in [3.05, 3.63) is 12.3 Å². The molecule has 2 amide bonds. The fraction of sp³-hybridized carbons (Fsp3) is 0.733. The maximum atomic E-state index is 12.2. The van der Waals surface area contributed by atoms with Crippen molar-refractivity contribution < 1.29 is 4.79 Å². The van der Waals surface area contributed by atoms with Gasteiger partial charge in [-0.3, -0.25) is 10.00 Å². The third kappa shape index (κ3) is 2.09. The SMILES string of the molecule is Cn1ccc(NC(=O)NC23CC4CC(CC(C4)C2)C3)n1. The van der Waals surface area contributed by atoms with Gasteiger partial charge in [-0.15, -0.1) is 0 Å². The zero-order chi connectivity index (χ0) is 13.7. The smallest absolute Gasteiger partial charge is 0.320 e. The first-order valence-corrected chi connectivity index (χ1v) is 7.69. The first-order valence-electron chi connectivity index (χ1n) is 7.69. The van der Waals surface area contributed by atoms with Crippen LogP contribution in [0.25, 0.3) is 0 Å². The maximum Gasteiger partial charge on any atom is 0.320 e. The Kier molecular flexibility index (Phi) is 2.59. The summed E-state index contributed by atoms with van der Waals surface area (Å²) in [4.78, 5) is 12.2. The monoisotopic (exact) mass is 274 g/mol. The van der Waals surface area contributed by atoms with Gasteiger partial charge in [-0.05, 0) is 56.3 Å². The molecule has 0 unspecified atom stereocenters. The summed E-state index contributed by atoms with van der Waals surface area (Å²) >= 11 is 0. The van der Waals surface area contributed by atoms with Crippen molar-refractivity contribution in [3.8, 4) is 0 Å². The predicted molar refractivity (Wildman–Crippen MR) is 76.3 cm³/mol. The van der Waals surface area contributed by atoms with E-state index in [0.29, 0.717) is 5.82 Å². The van der Waals surface area contributed by atoms with Crippen LogP contribution in [-0.2, 0) is 7.05 Å². The van der Waals surface area contributed by atoms with E-state index in [0.717, 1.165) is 17.8 Å². The molecule has 4 aliphatic carbocycles. The molecule has 2 N–H and O–H groups in total. The molecule has 108 valence electrons. The van der Waals surface area contributed by atoms with Crippen molar-refractivity contribution in [2.24, 2.45) is 24.8 Å². The molecule has 4 fully saturated rings. The lowest BCUT2D eigenvalue weighted by Crippen LogP contribution is -2.60. The summed E-state index contributed by atoms with van der Waals surface area (Å²) in [5.41, 5.74) is 0.0631. The molecule has 5 heteroatoms. The number of nitrogens with zero attached hydrogens (tertiary/aromatic N) is 2. The summed E-state index contributed by atoms with van der Waals surface area (Å²) in [6.45, 7) is 0. The van der Waals surface area contributed by atoms with Gasteiger partial charge in [0.05, 0.1) is 0 Å². The Balaban J connectivity index is 1.44. The van der Waals surface area contributed by atoms with Gasteiger partial charge in [0, 0.05) is 24.8 Å². The first kappa shape index (κ1) is 12.2. The standard InChI is InChI=1S/C15H22N4O/c1-19-3-2-13(18-19)16-14(20)17-15-7-10-4-11(8-15)6-12(5-10)9-15/h2-3,10-12H,4-9H2,1H3,(H2,16,17,18,20). The molecule has 20 heavy (non-hydrogen) atoms. The highest BCUT2D eigenvalue weighted by molar-refractivity contribution is 5.88. The van der Waals surface area contributed by atoms with Crippen LogP contribution in [0.4, 0.5) is 10.6 Å². The van der Waals surface area contributed by atoms with E-state index in [9.17, 15) is 4.79 Å². The average Bonchev–Trinajstić information content (AvgIpc) is 2.71. The highest BCUT2D eigenvalue weighted by Crippen LogP contribution is 2.55. The molecular formula is C15H22N4O. The molecular weight excluding hydrogens is 252 g/mol. The number of carbonyl (C=O) groups is 1. The van der Waals surface area contributed by atoms with E-state index < -0.39 is 0 Å². The van der Waals surface area contributed by atoms with Gasteiger partial charge in [0.25, 0.3) is 0 Å². The molecule has 0 saturated heterocycles. The summed E-state index contributed by atoms with van der Waals surface area (Å²) in [5, 5.41) is 10.3. The van der Waals surface area contributed by atoms with Crippen molar-refractivity contribution in [1.82, 2.24) is 15.1 Å². The molecule has 5 rings (SSSR count). The lowest BCUT2D eigenvalue weighted by Gasteiger charge is -2.56. The van der Waals surface area contributed by atoms with Crippen LogP contribution in [0.2, 0.25) is 0 Å². The maximum absolute atomic E-state index is 12.2. The molecule has 1 aromatic rings. The zero-order valence-corrected chi connectivity index (χ0v) is 11.9. The highest BCUT2D eigenvalue weighted by atomic mass is 16.2. The van der Waals surface area contributed by atoms with Crippen molar-refractivity contribution in [2.45, 2.75) is 44.1 Å². The number of aromatic nitrogens is 2. The van der Waals surface area contributed by atoms with Gasteiger partial charge in [0.1, 0.15) is 0 Å². The number of nitrogens with one attached hydrogen (secondary N) is 2. The number of rotatable bonds is 2. The second kappa shape index (κ2) is 4.24. The Bertz CT molecular complexity index is 500. The Morgan fingerprint density at radius 2 is 1.85 bits per heavy atom. The number of amides is 2. The first-order chi connectivity index (χ1) is 9.60. The van der Waals surface area contributed by atoms with E-state index in [4.69, 9.17) is 0 Å². The normalized spacial score (nSPS) is 38.0. The zero-order valence-electron chi connectivity index (χ0n) is 11.9. The number of hydrogen-bond donors (Lipinski definition) is 2. The van der Waals surface area contributed by atoms with Crippen LogP contribution in [0.5, 0.6) is 0 Å². The molecule has 4 aliphatic rings. The fourth-order valence-electron chi connectivity index (χ4n) is 5.13. The number of anilines is 1. The third-order valence-electron chi connectivity index (χ3n) is 5.37. The second-order valence-electron chi connectivity index (χ2n) is 7.15. The average molecular weight is 274 g/mol. The summed E-state index contributed by atoms with van der Waals surface area (Å²) in [7, 11) is 1.85. The van der Waals surface area contributed by atoms with Gasteiger partial charge in [-0.1, -0.05) is 0 Å². The molecule has 1 heterocycles. The van der Waals surface area contributed by atoms with Gasteiger partial charge < -0.3 is 5.32 Å². The van der Waals surface area contributed by atoms with Crippen molar-refractivity contribution in [2.75, 3.05) is 5.32 Å². The summed E-state index contributed by atoms with van der Waals surface area (Å²) in [5.74, 6) is 3.15. The van der Waals surface area contributed by atoms with Gasteiger partial charge in [-0.25, -0.2) is 4.79 Å². The predicted octanol–water partition coefficient (Wildman–Crippen LogP) is 2.51. The van der Waals surface area contributed by atoms with Gasteiger partial charge in [0.15, 0.2) is 5.82 Å². The molecule has 5 nitrogen and oxygen atoms in total. The van der Waals surface area contributed by atoms with Gasteiger partial charge in [0.2, 0.25) is 0 Å². The number of urea groups is 1. The Morgan fingerprint density at radius 3 is 2.35 bits per heavy atom. The lowest BCUT2D eigenvalue weighted by molar-refractivity contribution is -0.0127. The number of carbonyl (C=O) groups excluding carboxylic acids is 1. The van der Waals surface area contributed by atoms with Crippen LogP contribution in [0.15, 0.2) is 12.3 Å². The Hall–Kier alpha value is -1.52. The quantitative estimate of drug-likeness (QED) is 0.870. The van der Waals surface area contributed by atoms with Crippen LogP contribution in [-0.4, -0.2) is 21.4 Å². The summed E-state index contributed by atoms with van der Waals surface area (Å²) in [6.07, 6.45) is 9.53. The van der Waals surface area contributed by atoms with Crippen molar-refractivity contribution >= 4 is 11.8 Å². The molecule has 0 aromatic carbocycles. The van der Waals surface area contributed by atoms with Gasteiger partial charge in [-0.2, -0.15) is 5.10 Å². The van der Waals surface area contributed by atoms with Crippen LogP contribution in [0.3, 0.4) is 0 Å². The van der Waals surface area contributed by atoms with Crippen LogP contribution < -0.4 is 10.6 Å².